The van der Waals surface area contributed by atoms with E-state index in [1.54, 1.807) is 36.4 Å². The summed E-state index contributed by atoms with van der Waals surface area (Å²) in [6.07, 6.45) is 1.45. The number of methoxy groups -OCH3 is 1. The van der Waals surface area contributed by atoms with E-state index < -0.39 is 0 Å². The minimum atomic E-state index is -0.380. The van der Waals surface area contributed by atoms with Gasteiger partial charge in [-0.15, -0.1) is 11.3 Å². The first-order valence-electron chi connectivity index (χ1n) is 12.5. The first-order chi connectivity index (χ1) is 20.4. The molecule has 0 radical (unpaired) electrons. The normalized spacial score (nSPS) is 11.0. The van der Waals surface area contributed by atoms with Crippen LogP contribution in [0.3, 0.4) is 0 Å². The van der Waals surface area contributed by atoms with Crippen molar-refractivity contribution in [1.82, 2.24) is 10.4 Å². The van der Waals surface area contributed by atoms with Crippen molar-refractivity contribution < 1.29 is 18.7 Å². The van der Waals surface area contributed by atoms with Crippen molar-refractivity contribution in [2.45, 2.75) is 6.61 Å². The molecule has 0 saturated heterocycles. The van der Waals surface area contributed by atoms with Crippen molar-refractivity contribution in [2.24, 2.45) is 5.10 Å². The molecule has 212 valence electrons. The SMILES string of the molecule is COc1cc(/C=N\NC(=O)c2ccc(-c3csc(Nc4ccc(Cl)cc4)n3)cc2)cc(Cl)c1OCc1cccc(F)c1. The Morgan fingerprint density at radius 2 is 1.83 bits per heavy atom. The van der Waals surface area contributed by atoms with Crippen molar-refractivity contribution in [3.63, 3.8) is 0 Å². The van der Waals surface area contributed by atoms with Crippen LogP contribution in [0.1, 0.15) is 21.5 Å². The van der Waals surface area contributed by atoms with E-state index in [0.29, 0.717) is 33.2 Å². The molecule has 0 saturated carbocycles. The Hall–Kier alpha value is -4.44. The molecule has 11 heteroatoms. The van der Waals surface area contributed by atoms with Gasteiger partial charge in [0.25, 0.3) is 5.91 Å². The molecule has 2 N–H and O–H groups in total. The highest BCUT2D eigenvalue weighted by molar-refractivity contribution is 7.14. The van der Waals surface area contributed by atoms with Crippen LogP contribution in [0.4, 0.5) is 15.2 Å². The van der Waals surface area contributed by atoms with Gasteiger partial charge in [-0.3, -0.25) is 4.79 Å². The monoisotopic (exact) mass is 620 g/mol. The van der Waals surface area contributed by atoms with Gasteiger partial charge >= 0.3 is 0 Å². The molecule has 0 spiro atoms. The second-order valence-corrected chi connectivity index (χ2v) is 10.6. The first-order valence-corrected chi connectivity index (χ1v) is 14.2. The van der Waals surface area contributed by atoms with Gasteiger partial charge in [0.05, 0.1) is 24.0 Å². The summed E-state index contributed by atoms with van der Waals surface area (Å²) < 4.78 is 24.6. The summed E-state index contributed by atoms with van der Waals surface area (Å²) in [4.78, 5) is 17.3. The van der Waals surface area contributed by atoms with Crippen LogP contribution < -0.4 is 20.2 Å². The average Bonchev–Trinajstić information content (AvgIpc) is 3.46. The van der Waals surface area contributed by atoms with E-state index in [-0.39, 0.29) is 23.4 Å². The van der Waals surface area contributed by atoms with E-state index in [0.717, 1.165) is 22.1 Å². The first kappa shape index (κ1) is 29.1. The van der Waals surface area contributed by atoms with Gasteiger partial charge in [0.15, 0.2) is 16.6 Å². The second-order valence-electron chi connectivity index (χ2n) is 8.90. The van der Waals surface area contributed by atoms with Crippen molar-refractivity contribution in [2.75, 3.05) is 12.4 Å². The minimum absolute atomic E-state index is 0.111. The van der Waals surface area contributed by atoms with E-state index in [1.165, 1.54) is 36.8 Å². The number of thiazole rings is 1. The number of ether oxygens (including phenoxy) is 2. The molecule has 4 aromatic carbocycles. The molecule has 0 aliphatic heterocycles. The van der Waals surface area contributed by atoms with E-state index >= 15 is 0 Å². The predicted octanol–water partition coefficient (Wildman–Crippen LogP) is 8.35. The summed E-state index contributed by atoms with van der Waals surface area (Å²) in [5.41, 5.74) is 6.72. The summed E-state index contributed by atoms with van der Waals surface area (Å²) in [6, 6.07) is 23.8. The van der Waals surface area contributed by atoms with Crippen LogP contribution in [0.25, 0.3) is 11.3 Å². The smallest absolute Gasteiger partial charge is 0.271 e. The highest BCUT2D eigenvalue weighted by Gasteiger charge is 2.13. The van der Waals surface area contributed by atoms with Crippen LogP contribution in [0.15, 0.2) is 95.4 Å². The number of halogens is 3. The third-order valence-electron chi connectivity index (χ3n) is 5.95. The number of hydrogen-bond donors (Lipinski definition) is 2. The lowest BCUT2D eigenvalue weighted by atomic mass is 10.1. The number of rotatable bonds is 10. The molecular weight excluding hydrogens is 598 g/mol. The molecule has 5 aromatic rings. The number of benzene rings is 4. The number of hydrazone groups is 1. The fraction of sp³-hybridized carbons (Fsp3) is 0.0645. The molecule has 0 bridgehead atoms. The third kappa shape index (κ3) is 7.44. The maximum atomic E-state index is 13.5. The van der Waals surface area contributed by atoms with E-state index in [4.69, 9.17) is 32.7 Å². The number of aromatic nitrogens is 1. The Labute approximate surface area is 255 Å². The van der Waals surface area contributed by atoms with Crippen LogP contribution in [-0.2, 0) is 6.61 Å². The van der Waals surface area contributed by atoms with E-state index in [1.807, 2.05) is 41.8 Å². The van der Waals surface area contributed by atoms with Gasteiger partial charge in [-0.1, -0.05) is 47.5 Å². The molecule has 0 aliphatic rings. The van der Waals surface area contributed by atoms with Gasteiger partial charge in [0.2, 0.25) is 0 Å². The minimum Gasteiger partial charge on any atom is -0.493 e. The summed E-state index contributed by atoms with van der Waals surface area (Å²) >= 11 is 13.8. The Kier molecular flexibility index (Phi) is 9.33. The lowest BCUT2D eigenvalue weighted by Gasteiger charge is -2.13. The number of carbonyl (C=O) groups excluding carboxylic acids is 1. The molecule has 0 unspecified atom stereocenters. The van der Waals surface area contributed by atoms with Crippen LogP contribution in [-0.4, -0.2) is 24.2 Å². The fourth-order valence-electron chi connectivity index (χ4n) is 3.88. The highest BCUT2D eigenvalue weighted by atomic mass is 35.5. The van der Waals surface area contributed by atoms with Gasteiger partial charge in [-0.05, 0) is 71.8 Å². The Bertz CT molecular complexity index is 1730. The van der Waals surface area contributed by atoms with Gasteiger partial charge in [-0.2, -0.15) is 5.10 Å². The number of nitrogens with one attached hydrogen (secondary N) is 2. The molecule has 1 amide bonds. The van der Waals surface area contributed by atoms with Crippen molar-refractivity contribution in [3.8, 4) is 22.8 Å². The fourth-order valence-corrected chi connectivity index (χ4v) is 5.02. The molecular formula is C31H23Cl2FN4O3S. The molecule has 42 heavy (non-hydrogen) atoms. The van der Waals surface area contributed by atoms with Gasteiger partial charge < -0.3 is 14.8 Å². The molecule has 1 aromatic heterocycles. The second kappa shape index (κ2) is 13.5. The molecule has 0 aliphatic carbocycles. The Morgan fingerprint density at radius 3 is 2.57 bits per heavy atom. The quantitative estimate of drug-likeness (QED) is 0.121. The largest absolute Gasteiger partial charge is 0.493 e. The zero-order valence-electron chi connectivity index (χ0n) is 22.1. The number of amides is 1. The van der Waals surface area contributed by atoms with Crippen molar-refractivity contribution in [1.29, 1.82) is 0 Å². The Balaban J connectivity index is 1.18. The van der Waals surface area contributed by atoms with Gasteiger partial charge in [0.1, 0.15) is 12.4 Å². The zero-order chi connectivity index (χ0) is 29.5. The predicted molar refractivity (Wildman–Crippen MR) is 166 cm³/mol. The summed E-state index contributed by atoms with van der Waals surface area (Å²) in [7, 11) is 1.48. The molecule has 5 rings (SSSR count). The van der Waals surface area contributed by atoms with Crippen LogP contribution in [0.2, 0.25) is 10.0 Å². The Morgan fingerprint density at radius 1 is 1.05 bits per heavy atom. The van der Waals surface area contributed by atoms with E-state index in [2.05, 4.69) is 20.8 Å². The lowest BCUT2D eigenvalue weighted by molar-refractivity contribution is 0.0955. The summed E-state index contributed by atoms with van der Waals surface area (Å²) in [5, 5.41) is 10.9. The van der Waals surface area contributed by atoms with Crippen LogP contribution >= 0.6 is 34.5 Å². The maximum Gasteiger partial charge on any atom is 0.271 e. The van der Waals surface area contributed by atoms with Crippen LogP contribution in [0.5, 0.6) is 11.5 Å². The number of nitrogens with zero attached hydrogens (tertiary/aromatic N) is 2. The van der Waals surface area contributed by atoms with Gasteiger partial charge in [-0.25, -0.2) is 14.8 Å². The lowest BCUT2D eigenvalue weighted by Crippen LogP contribution is -2.17. The van der Waals surface area contributed by atoms with Crippen LogP contribution in [0, 0.1) is 5.82 Å². The van der Waals surface area contributed by atoms with Gasteiger partial charge in [0, 0.05) is 27.2 Å². The average molecular weight is 622 g/mol. The molecule has 0 fully saturated rings. The third-order valence-corrected chi connectivity index (χ3v) is 7.24. The van der Waals surface area contributed by atoms with Crippen molar-refractivity contribution >= 4 is 57.5 Å². The van der Waals surface area contributed by atoms with E-state index in [9.17, 15) is 9.18 Å². The highest BCUT2D eigenvalue weighted by Crippen LogP contribution is 2.36. The summed E-state index contributed by atoms with van der Waals surface area (Å²) in [6.45, 7) is 0.111. The molecule has 1 heterocycles. The number of hydrogen-bond acceptors (Lipinski definition) is 7. The maximum absolute atomic E-state index is 13.5. The summed E-state index contributed by atoms with van der Waals surface area (Å²) in [5.74, 6) is -0.0432. The topological polar surface area (TPSA) is 84.8 Å². The number of anilines is 2. The standard InChI is InChI=1S/C31H23Cl2FN4O3S/c1-40-28-15-20(14-26(33)29(28)41-17-19-3-2-4-24(34)13-19)16-35-38-30(39)22-7-5-21(6-8-22)27-18-42-31(37-27)36-25-11-9-23(32)10-12-25/h2-16,18H,17H2,1H3,(H,36,37)(H,38,39)/b35-16-. The van der Waals surface area contributed by atoms with Crippen molar-refractivity contribution in [3.05, 3.63) is 123 Å². The molecule has 0 atom stereocenters. The zero-order valence-corrected chi connectivity index (χ0v) is 24.4. The molecule has 7 nitrogen and oxygen atoms in total. The number of carbonyl (C=O) groups is 1.